The fourth-order valence-electron chi connectivity index (χ4n) is 4.43. The molecule has 4 aromatic rings. The molecule has 0 aliphatic carbocycles. The van der Waals surface area contributed by atoms with E-state index in [2.05, 4.69) is 41.4 Å². The molecule has 1 fully saturated rings. The van der Waals surface area contributed by atoms with Crippen LogP contribution in [0.1, 0.15) is 24.0 Å². The lowest BCUT2D eigenvalue weighted by Gasteiger charge is -2.31. The largest absolute Gasteiger partial charge is 0.454 e. The molecular weight excluding hydrogens is 450 g/mol. The Kier molecular flexibility index (Phi) is 5.33. The number of amides is 1. The summed E-state index contributed by atoms with van der Waals surface area (Å²) in [6.07, 6.45) is 3.81. The molecule has 0 unspecified atom stereocenters. The van der Waals surface area contributed by atoms with Crippen LogP contribution in [-0.4, -0.2) is 40.4 Å². The Labute approximate surface area is 201 Å². The van der Waals surface area contributed by atoms with Gasteiger partial charge in [0.2, 0.25) is 22.8 Å². The van der Waals surface area contributed by atoms with E-state index in [9.17, 15) is 4.79 Å². The van der Waals surface area contributed by atoms with Crippen LogP contribution in [0.3, 0.4) is 0 Å². The number of piperidine rings is 1. The molecule has 6 rings (SSSR count). The highest BCUT2D eigenvalue weighted by molar-refractivity contribution is 7.20. The van der Waals surface area contributed by atoms with Gasteiger partial charge in [-0.25, -0.2) is 9.50 Å². The van der Waals surface area contributed by atoms with E-state index in [1.54, 1.807) is 11.3 Å². The molecule has 174 valence electrons. The van der Waals surface area contributed by atoms with Gasteiger partial charge in [-0.1, -0.05) is 47.2 Å². The first kappa shape index (κ1) is 21.0. The van der Waals surface area contributed by atoms with E-state index in [-0.39, 0.29) is 18.6 Å². The van der Waals surface area contributed by atoms with Crippen LogP contribution in [0.4, 0.5) is 5.13 Å². The van der Waals surface area contributed by atoms with E-state index in [0.29, 0.717) is 13.1 Å². The number of ether oxygens (including phenoxy) is 2. The fourth-order valence-corrected chi connectivity index (χ4v) is 5.35. The van der Waals surface area contributed by atoms with Crippen LogP contribution in [0, 0.1) is 12.8 Å². The smallest absolute Gasteiger partial charge is 0.231 e. The lowest BCUT2D eigenvalue weighted by molar-refractivity contribution is -0.125. The minimum atomic E-state index is -0.0675. The number of imidazole rings is 1. The van der Waals surface area contributed by atoms with Gasteiger partial charge >= 0.3 is 0 Å². The van der Waals surface area contributed by atoms with Gasteiger partial charge in [0.1, 0.15) is 0 Å². The van der Waals surface area contributed by atoms with E-state index in [1.165, 1.54) is 5.56 Å². The predicted molar refractivity (Wildman–Crippen MR) is 130 cm³/mol. The average Bonchev–Trinajstić information content (AvgIpc) is 3.58. The lowest BCUT2D eigenvalue weighted by Crippen LogP contribution is -2.43. The Morgan fingerprint density at radius 2 is 2.03 bits per heavy atom. The Morgan fingerprint density at radius 1 is 1.18 bits per heavy atom. The molecular formula is C25H25N5O3S. The average molecular weight is 476 g/mol. The van der Waals surface area contributed by atoms with E-state index in [1.807, 2.05) is 28.9 Å². The number of fused-ring (bicyclic) bond motifs is 2. The fraction of sp³-hybridized carbons (Fsp3) is 0.320. The topological polar surface area (TPSA) is 81.0 Å². The van der Waals surface area contributed by atoms with Crippen LogP contribution in [0.2, 0.25) is 0 Å². The lowest BCUT2D eigenvalue weighted by atomic mass is 9.97. The summed E-state index contributed by atoms with van der Waals surface area (Å²) in [7, 11) is 0. The summed E-state index contributed by atoms with van der Waals surface area (Å²) in [5.41, 5.74) is 4.23. The van der Waals surface area contributed by atoms with Crippen molar-refractivity contribution in [2.75, 3.05) is 24.8 Å². The molecule has 9 heteroatoms. The normalized spacial score (nSPS) is 17.3. The number of rotatable bonds is 5. The highest BCUT2D eigenvalue weighted by Crippen LogP contribution is 2.33. The van der Waals surface area contributed by atoms with Gasteiger partial charge in [0.25, 0.3) is 0 Å². The summed E-state index contributed by atoms with van der Waals surface area (Å²) in [6.45, 7) is 4.35. The van der Waals surface area contributed by atoms with Crippen LogP contribution in [0.25, 0.3) is 16.2 Å². The van der Waals surface area contributed by atoms with Gasteiger partial charge in [-0.05, 0) is 37.5 Å². The molecule has 2 aromatic carbocycles. The van der Waals surface area contributed by atoms with Crippen molar-refractivity contribution in [1.29, 1.82) is 0 Å². The molecule has 0 saturated carbocycles. The first-order chi connectivity index (χ1) is 16.6. The van der Waals surface area contributed by atoms with Gasteiger partial charge in [-0.15, -0.1) is 5.10 Å². The van der Waals surface area contributed by atoms with Crippen molar-refractivity contribution in [3.05, 3.63) is 59.8 Å². The number of nitrogens with zero attached hydrogens (tertiary/aromatic N) is 4. The Morgan fingerprint density at radius 3 is 2.88 bits per heavy atom. The molecule has 34 heavy (non-hydrogen) atoms. The van der Waals surface area contributed by atoms with Gasteiger partial charge in [-0.3, -0.25) is 4.79 Å². The van der Waals surface area contributed by atoms with E-state index in [4.69, 9.17) is 19.6 Å². The van der Waals surface area contributed by atoms with Gasteiger partial charge in [-0.2, -0.15) is 0 Å². The zero-order chi connectivity index (χ0) is 23.1. The maximum Gasteiger partial charge on any atom is 0.231 e. The van der Waals surface area contributed by atoms with Gasteiger partial charge in [0.15, 0.2) is 11.5 Å². The zero-order valence-corrected chi connectivity index (χ0v) is 19.7. The number of nitrogens with one attached hydrogen (secondary N) is 1. The minimum absolute atomic E-state index is 0.0675. The van der Waals surface area contributed by atoms with Crippen molar-refractivity contribution in [1.82, 2.24) is 19.9 Å². The number of aromatic nitrogens is 3. The van der Waals surface area contributed by atoms with Crippen molar-refractivity contribution in [2.24, 2.45) is 5.92 Å². The molecule has 1 amide bonds. The van der Waals surface area contributed by atoms with Crippen LogP contribution in [-0.2, 0) is 11.3 Å². The molecule has 1 saturated heterocycles. The third-order valence-corrected chi connectivity index (χ3v) is 7.33. The zero-order valence-electron chi connectivity index (χ0n) is 18.9. The van der Waals surface area contributed by atoms with Gasteiger partial charge < -0.3 is 19.7 Å². The number of carbonyl (C=O) groups is 1. The molecule has 0 radical (unpaired) electrons. The molecule has 1 atom stereocenters. The second-order valence-electron chi connectivity index (χ2n) is 8.79. The third kappa shape index (κ3) is 4.07. The molecule has 2 aliphatic rings. The summed E-state index contributed by atoms with van der Waals surface area (Å²) in [5.74, 6) is 1.49. The molecule has 4 heterocycles. The van der Waals surface area contributed by atoms with Crippen molar-refractivity contribution in [2.45, 2.75) is 26.3 Å². The molecule has 0 spiro atoms. The minimum Gasteiger partial charge on any atom is -0.454 e. The summed E-state index contributed by atoms with van der Waals surface area (Å²) in [6, 6.07) is 14.1. The van der Waals surface area contributed by atoms with E-state index in [0.717, 1.165) is 57.8 Å². The highest BCUT2D eigenvalue weighted by atomic mass is 32.1. The number of benzene rings is 2. The maximum absolute atomic E-state index is 12.9. The maximum atomic E-state index is 12.9. The molecule has 2 aromatic heterocycles. The second kappa shape index (κ2) is 8.64. The second-order valence-corrected chi connectivity index (χ2v) is 9.73. The van der Waals surface area contributed by atoms with Crippen LogP contribution in [0.15, 0.2) is 48.7 Å². The summed E-state index contributed by atoms with van der Waals surface area (Å²) < 4.78 is 12.6. The first-order valence-corrected chi connectivity index (χ1v) is 12.3. The number of carbonyl (C=O) groups excluding carboxylic acids is 1. The quantitative estimate of drug-likeness (QED) is 0.470. The Balaban J connectivity index is 1.10. The van der Waals surface area contributed by atoms with Crippen molar-refractivity contribution >= 4 is 27.3 Å². The molecule has 0 bridgehead atoms. The van der Waals surface area contributed by atoms with Crippen LogP contribution >= 0.6 is 11.3 Å². The monoisotopic (exact) mass is 475 g/mol. The SMILES string of the molecule is Cc1ccc(-c2cn3nc(N4CCC[C@@H](C(=O)NCc5ccc6c(c5)OCO6)C4)sc3n2)cc1. The number of anilines is 1. The number of hydrogen-bond donors (Lipinski definition) is 1. The Hall–Kier alpha value is -3.59. The summed E-state index contributed by atoms with van der Waals surface area (Å²) in [5, 5.41) is 8.76. The van der Waals surface area contributed by atoms with Crippen molar-refractivity contribution in [3.63, 3.8) is 0 Å². The van der Waals surface area contributed by atoms with Crippen LogP contribution < -0.4 is 19.7 Å². The summed E-state index contributed by atoms with van der Waals surface area (Å²) in [4.78, 5) is 20.7. The highest BCUT2D eigenvalue weighted by Gasteiger charge is 2.28. The number of hydrogen-bond acceptors (Lipinski definition) is 7. The standard InChI is InChI=1S/C25H25N5O3S/c1-16-4-7-18(8-5-16)20-14-30-24(27-20)34-25(28-30)29-10-2-3-19(13-29)23(31)26-12-17-6-9-21-22(11-17)33-15-32-21/h4-9,11,14,19H,2-3,10,12-13,15H2,1H3,(H,26,31)/t19-/m1/s1. The van der Waals surface area contributed by atoms with E-state index < -0.39 is 0 Å². The third-order valence-electron chi connectivity index (χ3n) is 6.35. The Bertz CT molecular complexity index is 1320. The molecule has 8 nitrogen and oxygen atoms in total. The van der Waals surface area contributed by atoms with E-state index >= 15 is 0 Å². The van der Waals surface area contributed by atoms with Crippen LogP contribution in [0.5, 0.6) is 11.5 Å². The van der Waals surface area contributed by atoms with Crippen molar-refractivity contribution in [3.8, 4) is 22.8 Å². The van der Waals surface area contributed by atoms with Crippen molar-refractivity contribution < 1.29 is 14.3 Å². The number of aryl methyl sites for hydroxylation is 1. The molecule has 2 aliphatic heterocycles. The molecule has 1 N–H and O–H groups in total. The summed E-state index contributed by atoms with van der Waals surface area (Å²) >= 11 is 1.57. The van der Waals surface area contributed by atoms with Gasteiger partial charge in [0, 0.05) is 25.2 Å². The predicted octanol–water partition coefficient (Wildman–Crippen LogP) is 4.03. The first-order valence-electron chi connectivity index (χ1n) is 11.5. The van der Waals surface area contributed by atoms with Gasteiger partial charge in [0.05, 0.1) is 17.8 Å².